The van der Waals surface area contributed by atoms with Crippen molar-refractivity contribution in [2.75, 3.05) is 11.9 Å². The fourth-order valence-corrected chi connectivity index (χ4v) is 3.05. The molecule has 0 aliphatic heterocycles. The third-order valence-electron chi connectivity index (χ3n) is 4.42. The summed E-state index contributed by atoms with van der Waals surface area (Å²) in [5.41, 5.74) is 1.74. The first kappa shape index (κ1) is 21.1. The lowest BCUT2D eigenvalue weighted by Crippen LogP contribution is -2.25. The smallest absolute Gasteiger partial charge is 0.331 e. The molecule has 0 saturated heterocycles. The molecule has 1 N–H and O–H groups in total. The van der Waals surface area contributed by atoms with Gasteiger partial charge in [0, 0.05) is 18.1 Å². The largest absolute Gasteiger partial charge is 0.452 e. The predicted molar refractivity (Wildman–Crippen MR) is 116 cm³/mol. The van der Waals surface area contributed by atoms with Crippen LogP contribution in [0.5, 0.6) is 0 Å². The van der Waals surface area contributed by atoms with Gasteiger partial charge in [0.1, 0.15) is 5.69 Å². The summed E-state index contributed by atoms with van der Waals surface area (Å²) in [7, 11) is 1.72. The first-order chi connectivity index (χ1) is 14.4. The summed E-state index contributed by atoms with van der Waals surface area (Å²) < 4.78 is 8.04. The Morgan fingerprint density at radius 3 is 2.57 bits per heavy atom. The Labute approximate surface area is 178 Å². The second-order valence-electron chi connectivity index (χ2n) is 6.48. The zero-order valence-electron chi connectivity index (χ0n) is 16.5. The molecule has 0 spiro atoms. The van der Waals surface area contributed by atoms with Crippen molar-refractivity contribution in [1.29, 1.82) is 0 Å². The average Bonchev–Trinajstić information content (AvgIpc) is 2.94. The quantitative estimate of drug-likeness (QED) is 0.485. The Kier molecular flexibility index (Phi) is 6.54. The SMILES string of the molecule is Cc1c(NC(=O)COC(=O)/C=C/c2cccc(Cl)c2)c(=O)n(-c2ccccc2)n1C. The number of hydrogen-bond acceptors (Lipinski definition) is 4. The lowest BCUT2D eigenvalue weighted by molar-refractivity contribution is -0.142. The second kappa shape index (κ2) is 9.28. The van der Waals surface area contributed by atoms with Crippen LogP contribution in [0, 0.1) is 6.92 Å². The normalized spacial score (nSPS) is 10.9. The molecule has 3 rings (SSSR count). The Hall–Kier alpha value is -3.58. The van der Waals surface area contributed by atoms with E-state index in [4.69, 9.17) is 16.3 Å². The van der Waals surface area contributed by atoms with Gasteiger partial charge >= 0.3 is 5.97 Å². The number of nitrogens with zero attached hydrogens (tertiary/aromatic N) is 2. The summed E-state index contributed by atoms with van der Waals surface area (Å²) in [6, 6.07) is 16.0. The molecule has 0 unspecified atom stereocenters. The fraction of sp³-hybridized carbons (Fsp3) is 0.136. The summed E-state index contributed by atoms with van der Waals surface area (Å²) >= 11 is 5.89. The molecule has 154 valence electrons. The van der Waals surface area contributed by atoms with Crippen LogP contribution in [0.25, 0.3) is 11.8 Å². The van der Waals surface area contributed by atoms with Crippen molar-refractivity contribution in [2.24, 2.45) is 7.05 Å². The molecule has 1 amide bonds. The van der Waals surface area contributed by atoms with E-state index in [1.54, 1.807) is 55.1 Å². The summed E-state index contributed by atoms with van der Waals surface area (Å²) in [5.74, 6) is -1.29. The third-order valence-corrected chi connectivity index (χ3v) is 4.66. The Morgan fingerprint density at radius 1 is 1.13 bits per heavy atom. The van der Waals surface area contributed by atoms with Gasteiger partial charge in [0.05, 0.1) is 11.4 Å². The number of carbonyl (C=O) groups is 2. The van der Waals surface area contributed by atoms with E-state index >= 15 is 0 Å². The highest BCUT2D eigenvalue weighted by molar-refractivity contribution is 6.30. The average molecular weight is 426 g/mol. The molecular weight excluding hydrogens is 406 g/mol. The number of para-hydroxylation sites is 1. The highest BCUT2D eigenvalue weighted by Crippen LogP contribution is 2.14. The maximum Gasteiger partial charge on any atom is 0.331 e. The van der Waals surface area contributed by atoms with E-state index in [1.165, 1.54) is 16.8 Å². The molecule has 0 fully saturated rings. The van der Waals surface area contributed by atoms with Crippen LogP contribution in [0.1, 0.15) is 11.3 Å². The van der Waals surface area contributed by atoms with Crippen LogP contribution in [0.2, 0.25) is 5.02 Å². The van der Waals surface area contributed by atoms with Crippen LogP contribution in [-0.4, -0.2) is 27.8 Å². The molecule has 7 nitrogen and oxygen atoms in total. The van der Waals surface area contributed by atoms with E-state index in [2.05, 4.69) is 5.32 Å². The number of amides is 1. The van der Waals surface area contributed by atoms with Gasteiger partial charge in [-0.05, 0) is 42.8 Å². The monoisotopic (exact) mass is 425 g/mol. The summed E-state index contributed by atoms with van der Waals surface area (Å²) in [6.45, 7) is 1.20. The third kappa shape index (κ3) is 4.87. The molecule has 1 heterocycles. The van der Waals surface area contributed by atoms with Gasteiger partial charge in [-0.1, -0.05) is 41.9 Å². The Bertz CT molecular complexity index is 1160. The van der Waals surface area contributed by atoms with E-state index < -0.39 is 18.5 Å². The number of rotatable bonds is 6. The van der Waals surface area contributed by atoms with E-state index in [0.29, 0.717) is 16.4 Å². The highest BCUT2D eigenvalue weighted by Gasteiger charge is 2.18. The number of hydrogen-bond donors (Lipinski definition) is 1. The van der Waals surface area contributed by atoms with Crippen molar-refractivity contribution in [2.45, 2.75) is 6.92 Å². The van der Waals surface area contributed by atoms with Gasteiger partial charge in [-0.25, -0.2) is 9.48 Å². The van der Waals surface area contributed by atoms with Crippen LogP contribution >= 0.6 is 11.6 Å². The number of carbonyl (C=O) groups excluding carboxylic acids is 2. The van der Waals surface area contributed by atoms with Gasteiger partial charge in [-0.3, -0.25) is 14.3 Å². The van der Waals surface area contributed by atoms with Crippen LogP contribution in [0.3, 0.4) is 0 Å². The van der Waals surface area contributed by atoms with Crippen molar-refractivity contribution in [3.63, 3.8) is 0 Å². The van der Waals surface area contributed by atoms with Crippen LogP contribution < -0.4 is 10.9 Å². The summed E-state index contributed by atoms with van der Waals surface area (Å²) in [5, 5.41) is 3.08. The Balaban J connectivity index is 1.64. The molecule has 2 aromatic carbocycles. The molecule has 0 atom stereocenters. The van der Waals surface area contributed by atoms with Gasteiger partial charge in [0.2, 0.25) is 0 Å². The van der Waals surface area contributed by atoms with Crippen molar-refractivity contribution in [3.05, 3.63) is 87.3 Å². The van der Waals surface area contributed by atoms with Gasteiger partial charge in [0.25, 0.3) is 11.5 Å². The van der Waals surface area contributed by atoms with Crippen LogP contribution in [-0.2, 0) is 21.4 Å². The molecule has 0 aliphatic carbocycles. The van der Waals surface area contributed by atoms with Gasteiger partial charge < -0.3 is 10.1 Å². The molecule has 8 heteroatoms. The van der Waals surface area contributed by atoms with E-state index in [-0.39, 0.29) is 11.2 Å². The first-order valence-electron chi connectivity index (χ1n) is 9.11. The molecule has 1 aromatic heterocycles. The minimum absolute atomic E-state index is 0.136. The van der Waals surface area contributed by atoms with E-state index in [1.807, 2.05) is 18.2 Å². The van der Waals surface area contributed by atoms with Gasteiger partial charge in [-0.2, -0.15) is 0 Å². The summed E-state index contributed by atoms with van der Waals surface area (Å²) in [6.07, 6.45) is 2.74. The highest BCUT2D eigenvalue weighted by atomic mass is 35.5. The lowest BCUT2D eigenvalue weighted by Gasteiger charge is -2.07. The number of esters is 1. The van der Waals surface area contributed by atoms with Crippen molar-refractivity contribution in [1.82, 2.24) is 9.36 Å². The maximum absolute atomic E-state index is 12.8. The van der Waals surface area contributed by atoms with Crippen molar-refractivity contribution < 1.29 is 14.3 Å². The number of halogens is 1. The number of ether oxygens (including phenoxy) is 1. The zero-order chi connectivity index (χ0) is 21.7. The van der Waals surface area contributed by atoms with Crippen molar-refractivity contribution in [3.8, 4) is 5.69 Å². The van der Waals surface area contributed by atoms with Gasteiger partial charge in [-0.15, -0.1) is 0 Å². The molecule has 0 radical (unpaired) electrons. The molecule has 0 bridgehead atoms. The van der Waals surface area contributed by atoms with E-state index in [9.17, 15) is 14.4 Å². The van der Waals surface area contributed by atoms with Crippen molar-refractivity contribution >= 4 is 35.2 Å². The number of nitrogens with one attached hydrogen (secondary N) is 1. The second-order valence-corrected chi connectivity index (χ2v) is 6.92. The van der Waals surface area contributed by atoms with Crippen LogP contribution in [0.15, 0.2) is 65.5 Å². The first-order valence-corrected chi connectivity index (χ1v) is 9.49. The molecular formula is C22H20ClN3O4. The minimum Gasteiger partial charge on any atom is -0.452 e. The lowest BCUT2D eigenvalue weighted by atomic mass is 10.2. The number of anilines is 1. The number of aromatic nitrogens is 2. The predicted octanol–water partition coefficient (Wildman–Crippen LogP) is 3.33. The topological polar surface area (TPSA) is 82.3 Å². The Morgan fingerprint density at radius 2 is 1.87 bits per heavy atom. The minimum atomic E-state index is -0.684. The fourth-order valence-electron chi connectivity index (χ4n) is 2.85. The standard InChI is InChI=1S/C22H20ClN3O4/c1-15-21(22(29)26(25(15)2)18-9-4-3-5-10-18)24-19(27)14-30-20(28)12-11-16-7-6-8-17(23)13-16/h3-13H,14H2,1-2H3,(H,24,27)/b12-11+. The van der Waals surface area contributed by atoms with Gasteiger partial charge in [0.15, 0.2) is 6.61 Å². The molecule has 30 heavy (non-hydrogen) atoms. The van der Waals surface area contributed by atoms with Crippen LogP contribution in [0.4, 0.5) is 5.69 Å². The zero-order valence-corrected chi connectivity index (χ0v) is 17.2. The molecule has 0 saturated carbocycles. The number of benzene rings is 2. The maximum atomic E-state index is 12.8. The summed E-state index contributed by atoms with van der Waals surface area (Å²) in [4.78, 5) is 36.8. The molecule has 0 aliphatic rings. The molecule has 3 aromatic rings. The van der Waals surface area contributed by atoms with E-state index in [0.717, 1.165) is 5.56 Å².